The summed E-state index contributed by atoms with van der Waals surface area (Å²) in [5.41, 5.74) is 2.58. The highest BCUT2D eigenvalue weighted by Crippen LogP contribution is 2.34. The predicted molar refractivity (Wildman–Crippen MR) is 121 cm³/mol. The molecule has 4 N–H and O–H groups in total. The number of pyridine rings is 1. The van der Waals surface area contributed by atoms with Crippen molar-refractivity contribution < 1.29 is 31.9 Å². The van der Waals surface area contributed by atoms with Crippen LogP contribution in [-0.2, 0) is 11.0 Å². The second-order valence-corrected chi connectivity index (χ2v) is 9.08. The Labute approximate surface area is 200 Å². The molecule has 1 aliphatic rings. The number of amides is 2. The van der Waals surface area contributed by atoms with Crippen molar-refractivity contribution in [1.82, 2.24) is 10.3 Å². The van der Waals surface area contributed by atoms with Gasteiger partial charge in [-0.05, 0) is 63.4 Å². The first-order valence-electron chi connectivity index (χ1n) is 11.2. The topological polar surface area (TPSA) is 106 Å². The molecule has 1 aromatic carbocycles. The van der Waals surface area contributed by atoms with Gasteiger partial charge in [0.2, 0.25) is 5.91 Å². The van der Waals surface area contributed by atoms with Crippen molar-refractivity contribution in [1.29, 1.82) is 0 Å². The van der Waals surface area contributed by atoms with Crippen LogP contribution in [0.4, 0.5) is 23.4 Å². The van der Waals surface area contributed by atoms with Crippen LogP contribution in [0.15, 0.2) is 36.5 Å². The van der Waals surface area contributed by atoms with Crippen molar-refractivity contribution in [3.8, 4) is 5.75 Å². The standard InChI is InChI=1S/C24H28F4N4O3/c1-23(2,35-17-8-9-19(25)18(12-17)24(26,27)28)22(34)32-16-6-4-3-5-15(11-16)31-20-10-7-14(13-30-20)21(29)33/h7-10,12-13,15-16H,3-6,11H2,1-2H3,(H2,29,33)(H,30,31)(H,32,34). The van der Waals surface area contributed by atoms with E-state index >= 15 is 0 Å². The van der Waals surface area contributed by atoms with Crippen LogP contribution in [0.3, 0.4) is 0 Å². The molecule has 0 aliphatic heterocycles. The van der Waals surface area contributed by atoms with E-state index < -0.39 is 35.0 Å². The summed E-state index contributed by atoms with van der Waals surface area (Å²) >= 11 is 0. The fourth-order valence-electron chi connectivity index (χ4n) is 3.94. The maximum Gasteiger partial charge on any atom is 0.419 e. The molecular weight excluding hydrogens is 468 g/mol. The highest BCUT2D eigenvalue weighted by Gasteiger charge is 2.36. The fourth-order valence-corrected chi connectivity index (χ4v) is 3.94. The first kappa shape index (κ1) is 26.2. The molecule has 2 aromatic rings. The second kappa shape index (κ2) is 10.5. The van der Waals surface area contributed by atoms with Crippen LogP contribution in [0.5, 0.6) is 5.75 Å². The number of alkyl halides is 3. The number of rotatable bonds is 7. The molecule has 2 amide bonds. The van der Waals surface area contributed by atoms with Gasteiger partial charge in [0.15, 0.2) is 5.60 Å². The molecule has 3 rings (SSSR count). The van der Waals surface area contributed by atoms with E-state index in [1.165, 1.54) is 20.0 Å². The lowest BCUT2D eigenvalue weighted by Gasteiger charge is -2.29. The molecule has 7 nitrogen and oxygen atoms in total. The number of nitrogens with two attached hydrogens (primary N) is 1. The van der Waals surface area contributed by atoms with Gasteiger partial charge in [-0.3, -0.25) is 9.59 Å². The van der Waals surface area contributed by atoms with Gasteiger partial charge in [0.05, 0.1) is 11.1 Å². The van der Waals surface area contributed by atoms with Crippen LogP contribution in [0, 0.1) is 5.82 Å². The minimum absolute atomic E-state index is 0.00482. The van der Waals surface area contributed by atoms with Crippen LogP contribution in [0.1, 0.15) is 61.9 Å². The smallest absolute Gasteiger partial charge is 0.419 e. The van der Waals surface area contributed by atoms with Gasteiger partial charge in [-0.15, -0.1) is 0 Å². The summed E-state index contributed by atoms with van der Waals surface area (Å²) in [5, 5.41) is 6.24. The number of carbonyl (C=O) groups excluding carboxylic acids is 2. The number of hydrogen-bond donors (Lipinski definition) is 3. The van der Waals surface area contributed by atoms with Crippen LogP contribution in [0.25, 0.3) is 0 Å². The Hall–Kier alpha value is -3.37. The third kappa shape index (κ3) is 7.06. The number of benzene rings is 1. The Morgan fingerprint density at radius 3 is 2.37 bits per heavy atom. The molecule has 0 radical (unpaired) electrons. The van der Waals surface area contributed by atoms with Gasteiger partial charge >= 0.3 is 6.18 Å². The Morgan fingerprint density at radius 2 is 1.77 bits per heavy atom. The first-order valence-corrected chi connectivity index (χ1v) is 11.2. The van der Waals surface area contributed by atoms with Crippen molar-refractivity contribution >= 4 is 17.6 Å². The number of aromatic nitrogens is 1. The van der Waals surface area contributed by atoms with Crippen molar-refractivity contribution in [3.63, 3.8) is 0 Å². The molecule has 2 unspecified atom stereocenters. The summed E-state index contributed by atoms with van der Waals surface area (Å²) < 4.78 is 58.1. The van der Waals surface area contributed by atoms with E-state index in [-0.39, 0.29) is 17.8 Å². The SMILES string of the molecule is CC(C)(Oc1ccc(F)c(C(F)(F)F)c1)C(=O)NC1CCCCC(Nc2ccc(C(N)=O)cn2)C1. The summed E-state index contributed by atoms with van der Waals surface area (Å²) in [7, 11) is 0. The molecule has 1 fully saturated rings. The summed E-state index contributed by atoms with van der Waals surface area (Å²) in [6, 6.07) is 5.31. The summed E-state index contributed by atoms with van der Waals surface area (Å²) in [4.78, 5) is 28.4. The Kier molecular flexibility index (Phi) is 7.86. The van der Waals surface area contributed by atoms with Gasteiger partial charge in [0.25, 0.3) is 5.91 Å². The lowest BCUT2D eigenvalue weighted by molar-refractivity contribution is -0.140. The summed E-state index contributed by atoms with van der Waals surface area (Å²) in [5.74, 6) is -2.16. The molecule has 190 valence electrons. The molecule has 2 atom stereocenters. The highest BCUT2D eigenvalue weighted by molar-refractivity contribution is 5.92. The van der Waals surface area contributed by atoms with Crippen LogP contribution < -0.4 is 21.1 Å². The third-order valence-electron chi connectivity index (χ3n) is 5.82. The molecule has 11 heteroatoms. The van der Waals surface area contributed by atoms with Gasteiger partial charge in [0.1, 0.15) is 17.4 Å². The number of carbonyl (C=O) groups is 2. The minimum atomic E-state index is -4.88. The number of nitrogens with one attached hydrogen (secondary N) is 2. The monoisotopic (exact) mass is 496 g/mol. The molecule has 0 saturated heterocycles. The van der Waals surface area contributed by atoms with E-state index in [4.69, 9.17) is 10.5 Å². The Morgan fingerprint density at radius 1 is 1.09 bits per heavy atom. The maximum absolute atomic E-state index is 13.6. The lowest BCUT2D eigenvalue weighted by atomic mass is 10.0. The largest absolute Gasteiger partial charge is 0.478 e. The van der Waals surface area contributed by atoms with E-state index in [0.29, 0.717) is 29.9 Å². The molecule has 0 spiro atoms. The lowest BCUT2D eigenvalue weighted by Crippen LogP contribution is -2.50. The average Bonchev–Trinajstić information content (AvgIpc) is 2.99. The number of primary amides is 1. The van der Waals surface area contributed by atoms with Crippen molar-refractivity contribution in [2.24, 2.45) is 5.73 Å². The molecule has 1 aliphatic carbocycles. The van der Waals surface area contributed by atoms with Gasteiger partial charge < -0.3 is 21.1 Å². The number of halogens is 4. The molecule has 35 heavy (non-hydrogen) atoms. The molecule has 0 bridgehead atoms. The minimum Gasteiger partial charge on any atom is -0.478 e. The normalized spacial score (nSPS) is 18.9. The van der Waals surface area contributed by atoms with Crippen molar-refractivity contribution in [3.05, 3.63) is 53.5 Å². The first-order chi connectivity index (χ1) is 16.3. The zero-order chi connectivity index (χ0) is 25.8. The number of nitrogens with zero attached hydrogens (tertiary/aromatic N) is 1. The van der Waals surface area contributed by atoms with E-state index in [1.807, 2.05) is 0 Å². The Balaban J connectivity index is 1.63. The van der Waals surface area contributed by atoms with Gasteiger partial charge in [-0.1, -0.05) is 12.8 Å². The van der Waals surface area contributed by atoms with E-state index in [9.17, 15) is 27.2 Å². The van der Waals surface area contributed by atoms with Gasteiger partial charge in [0, 0.05) is 18.3 Å². The second-order valence-electron chi connectivity index (χ2n) is 9.08. The predicted octanol–water partition coefficient (Wildman–Crippen LogP) is 4.43. The zero-order valence-electron chi connectivity index (χ0n) is 19.4. The number of ether oxygens (including phenoxy) is 1. The van der Waals surface area contributed by atoms with Crippen LogP contribution in [0.2, 0.25) is 0 Å². The quantitative estimate of drug-likeness (QED) is 0.389. The van der Waals surface area contributed by atoms with E-state index in [1.54, 1.807) is 12.1 Å². The van der Waals surface area contributed by atoms with Gasteiger partial charge in [-0.2, -0.15) is 13.2 Å². The molecule has 1 saturated carbocycles. The number of hydrogen-bond acceptors (Lipinski definition) is 5. The maximum atomic E-state index is 13.6. The fraction of sp³-hybridized carbons (Fsp3) is 0.458. The average molecular weight is 497 g/mol. The van der Waals surface area contributed by atoms with Gasteiger partial charge in [-0.25, -0.2) is 9.37 Å². The van der Waals surface area contributed by atoms with Crippen LogP contribution >= 0.6 is 0 Å². The van der Waals surface area contributed by atoms with Crippen molar-refractivity contribution in [2.45, 2.75) is 69.8 Å². The summed E-state index contributed by atoms with van der Waals surface area (Å²) in [6.07, 6.45) is 0.484. The third-order valence-corrected chi connectivity index (χ3v) is 5.82. The molecule has 1 heterocycles. The van der Waals surface area contributed by atoms with E-state index in [0.717, 1.165) is 31.7 Å². The van der Waals surface area contributed by atoms with Crippen LogP contribution in [-0.4, -0.2) is 34.5 Å². The highest BCUT2D eigenvalue weighted by atomic mass is 19.4. The van der Waals surface area contributed by atoms with E-state index in [2.05, 4.69) is 15.6 Å². The number of anilines is 1. The molecular formula is C24H28F4N4O3. The molecule has 1 aromatic heterocycles. The summed E-state index contributed by atoms with van der Waals surface area (Å²) in [6.45, 7) is 2.88. The zero-order valence-corrected chi connectivity index (χ0v) is 19.4. The van der Waals surface area contributed by atoms with Crippen molar-refractivity contribution in [2.75, 3.05) is 5.32 Å². The Bertz CT molecular complexity index is 1060.